The van der Waals surface area contributed by atoms with Crippen LogP contribution in [0.1, 0.15) is 16.7 Å². The lowest BCUT2D eigenvalue weighted by atomic mass is 9.99. The molecule has 112 valence electrons. The monoisotopic (exact) mass is 286 g/mol. The molecule has 0 amide bonds. The van der Waals surface area contributed by atoms with Crippen molar-refractivity contribution < 1.29 is 14.2 Å². The van der Waals surface area contributed by atoms with Gasteiger partial charge in [-0.2, -0.15) is 0 Å². The van der Waals surface area contributed by atoms with Gasteiger partial charge in [-0.15, -0.1) is 0 Å². The van der Waals surface area contributed by atoms with Crippen molar-refractivity contribution >= 4 is 0 Å². The van der Waals surface area contributed by atoms with Crippen LogP contribution in [0.2, 0.25) is 0 Å². The third-order valence-electron chi connectivity index (χ3n) is 3.71. The van der Waals surface area contributed by atoms with Crippen LogP contribution in [0.3, 0.4) is 0 Å². The molecule has 0 aliphatic carbocycles. The van der Waals surface area contributed by atoms with Crippen LogP contribution in [-0.4, -0.2) is 21.3 Å². The topological polar surface area (TPSA) is 27.7 Å². The molecule has 0 heterocycles. The molecule has 3 heteroatoms. The lowest BCUT2D eigenvalue weighted by Crippen LogP contribution is -2.01. The first-order chi connectivity index (χ1) is 10.2. The summed E-state index contributed by atoms with van der Waals surface area (Å²) in [5.41, 5.74) is 3.70. The maximum Gasteiger partial charge on any atom is 0.164 e. The highest BCUT2D eigenvalue weighted by molar-refractivity contribution is 5.50. The quantitative estimate of drug-likeness (QED) is 0.808. The van der Waals surface area contributed by atoms with Crippen molar-refractivity contribution in [3.63, 3.8) is 0 Å². The first kappa shape index (κ1) is 15.2. The molecule has 2 aromatic rings. The van der Waals surface area contributed by atoms with Crippen LogP contribution in [0.5, 0.6) is 17.2 Å². The number of methoxy groups -OCH3 is 3. The molecule has 0 N–H and O–H groups in total. The molecule has 0 unspecified atom stereocenters. The van der Waals surface area contributed by atoms with Crippen molar-refractivity contribution in [1.82, 2.24) is 0 Å². The predicted octanol–water partition coefficient (Wildman–Crippen LogP) is 3.81. The Kier molecular flexibility index (Phi) is 5.09. The molecule has 0 aromatic heterocycles. The molecular formula is C18H22O3. The fourth-order valence-corrected chi connectivity index (χ4v) is 2.46. The smallest absolute Gasteiger partial charge is 0.164 e. The fourth-order valence-electron chi connectivity index (χ4n) is 2.46. The second kappa shape index (κ2) is 7.02. The zero-order valence-electron chi connectivity index (χ0n) is 13.1. The number of ether oxygens (including phenoxy) is 3. The Morgan fingerprint density at radius 3 is 2.05 bits per heavy atom. The Hall–Kier alpha value is -2.16. The molecule has 0 saturated heterocycles. The molecule has 0 aliphatic heterocycles. The number of hydrogen-bond donors (Lipinski definition) is 0. The van der Waals surface area contributed by atoms with E-state index in [1.807, 2.05) is 18.2 Å². The lowest BCUT2D eigenvalue weighted by molar-refractivity contribution is 0.351. The largest absolute Gasteiger partial charge is 0.497 e. The van der Waals surface area contributed by atoms with Gasteiger partial charge in [0.25, 0.3) is 0 Å². The van der Waals surface area contributed by atoms with Gasteiger partial charge in [0, 0.05) is 5.56 Å². The van der Waals surface area contributed by atoms with E-state index in [0.717, 1.165) is 30.1 Å². The molecule has 2 aromatic carbocycles. The van der Waals surface area contributed by atoms with Gasteiger partial charge in [0.2, 0.25) is 0 Å². The summed E-state index contributed by atoms with van der Waals surface area (Å²) in [7, 11) is 5.04. The van der Waals surface area contributed by atoms with Gasteiger partial charge < -0.3 is 14.2 Å². The zero-order valence-corrected chi connectivity index (χ0v) is 13.1. The first-order valence-corrected chi connectivity index (χ1v) is 7.03. The third kappa shape index (κ3) is 3.48. The van der Waals surface area contributed by atoms with Gasteiger partial charge >= 0.3 is 0 Å². The molecule has 0 aliphatic rings. The second-order valence-electron chi connectivity index (χ2n) is 4.94. The summed E-state index contributed by atoms with van der Waals surface area (Å²) in [6.07, 6.45) is 1.87. The highest BCUT2D eigenvalue weighted by Gasteiger charge is 2.12. The van der Waals surface area contributed by atoms with E-state index in [9.17, 15) is 0 Å². The van der Waals surface area contributed by atoms with Crippen molar-refractivity contribution in [2.75, 3.05) is 21.3 Å². The SMILES string of the molecule is COc1ccc(CCc2c(C)ccc(OC)c2OC)cc1. The number of rotatable bonds is 6. The van der Waals surface area contributed by atoms with E-state index in [4.69, 9.17) is 14.2 Å². The van der Waals surface area contributed by atoms with E-state index in [0.29, 0.717) is 0 Å². The summed E-state index contributed by atoms with van der Waals surface area (Å²) in [5.74, 6) is 2.51. The third-order valence-corrected chi connectivity index (χ3v) is 3.71. The van der Waals surface area contributed by atoms with Crippen LogP contribution >= 0.6 is 0 Å². The molecule has 0 bridgehead atoms. The number of benzene rings is 2. The van der Waals surface area contributed by atoms with Crippen molar-refractivity contribution in [2.45, 2.75) is 19.8 Å². The van der Waals surface area contributed by atoms with Crippen LogP contribution in [-0.2, 0) is 12.8 Å². The molecule has 0 radical (unpaired) electrons. The molecule has 3 nitrogen and oxygen atoms in total. The maximum atomic E-state index is 5.53. The molecule has 0 spiro atoms. The highest BCUT2D eigenvalue weighted by Crippen LogP contribution is 2.34. The Balaban J connectivity index is 2.18. The normalized spacial score (nSPS) is 10.3. The van der Waals surface area contributed by atoms with Gasteiger partial charge in [-0.3, -0.25) is 0 Å². The van der Waals surface area contributed by atoms with E-state index < -0.39 is 0 Å². The summed E-state index contributed by atoms with van der Waals surface area (Å²) >= 11 is 0. The van der Waals surface area contributed by atoms with Crippen molar-refractivity contribution in [3.05, 3.63) is 53.1 Å². The average molecular weight is 286 g/mol. The maximum absolute atomic E-state index is 5.53. The van der Waals surface area contributed by atoms with Crippen molar-refractivity contribution in [3.8, 4) is 17.2 Å². The summed E-state index contributed by atoms with van der Waals surface area (Å²) in [4.78, 5) is 0. The lowest BCUT2D eigenvalue weighted by Gasteiger charge is -2.15. The number of hydrogen-bond acceptors (Lipinski definition) is 3. The summed E-state index contributed by atoms with van der Waals surface area (Å²) in [6, 6.07) is 12.2. The van der Waals surface area contributed by atoms with E-state index in [1.165, 1.54) is 16.7 Å². The minimum Gasteiger partial charge on any atom is -0.497 e. The standard InChI is InChI=1S/C18H22O3/c1-13-5-12-17(20-3)18(21-4)16(13)11-8-14-6-9-15(19-2)10-7-14/h5-7,9-10,12H,8,11H2,1-4H3. The molecule has 0 fully saturated rings. The Morgan fingerprint density at radius 2 is 1.48 bits per heavy atom. The average Bonchev–Trinajstić information content (AvgIpc) is 2.53. The molecule has 21 heavy (non-hydrogen) atoms. The molecule has 2 rings (SSSR count). The minimum atomic E-state index is 0.785. The Labute approximate surface area is 126 Å². The highest BCUT2D eigenvalue weighted by atomic mass is 16.5. The van der Waals surface area contributed by atoms with Gasteiger partial charge in [-0.1, -0.05) is 18.2 Å². The summed E-state index contributed by atoms with van der Waals surface area (Å²) in [5, 5.41) is 0. The van der Waals surface area contributed by atoms with Crippen LogP contribution in [0.4, 0.5) is 0 Å². The summed E-state index contributed by atoms with van der Waals surface area (Å²) in [6.45, 7) is 2.10. The van der Waals surface area contributed by atoms with E-state index in [2.05, 4.69) is 25.1 Å². The van der Waals surface area contributed by atoms with Gasteiger partial charge in [0.05, 0.1) is 21.3 Å². The van der Waals surface area contributed by atoms with Gasteiger partial charge in [-0.05, 0) is 49.1 Å². The summed E-state index contributed by atoms with van der Waals surface area (Å²) < 4.78 is 16.1. The first-order valence-electron chi connectivity index (χ1n) is 7.03. The van der Waals surface area contributed by atoms with Crippen LogP contribution in [0, 0.1) is 6.92 Å². The molecule has 0 saturated carbocycles. The number of aryl methyl sites for hydroxylation is 2. The fraction of sp³-hybridized carbons (Fsp3) is 0.333. The van der Waals surface area contributed by atoms with Crippen LogP contribution in [0.25, 0.3) is 0 Å². The second-order valence-corrected chi connectivity index (χ2v) is 4.94. The van der Waals surface area contributed by atoms with E-state index >= 15 is 0 Å². The zero-order chi connectivity index (χ0) is 15.2. The Morgan fingerprint density at radius 1 is 0.762 bits per heavy atom. The minimum absolute atomic E-state index is 0.785. The Bertz CT molecular complexity index is 588. The van der Waals surface area contributed by atoms with Gasteiger partial charge in [-0.25, -0.2) is 0 Å². The molecule has 0 atom stereocenters. The molecular weight excluding hydrogens is 264 g/mol. The van der Waals surface area contributed by atoms with Crippen LogP contribution in [0.15, 0.2) is 36.4 Å². The van der Waals surface area contributed by atoms with E-state index in [-0.39, 0.29) is 0 Å². The van der Waals surface area contributed by atoms with Crippen LogP contribution < -0.4 is 14.2 Å². The van der Waals surface area contributed by atoms with E-state index in [1.54, 1.807) is 21.3 Å². The van der Waals surface area contributed by atoms with Gasteiger partial charge in [0.1, 0.15) is 5.75 Å². The van der Waals surface area contributed by atoms with Crippen molar-refractivity contribution in [1.29, 1.82) is 0 Å². The predicted molar refractivity (Wildman–Crippen MR) is 84.7 cm³/mol. The van der Waals surface area contributed by atoms with Crippen molar-refractivity contribution in [2.24, 2.45) is 0 Å². The van der Waals surface area contributed by atoms with Gasteiger partial charge in [0.15, 0.2) is 11.5 Å².